The van der Waals surface area contributed by atoms with E-state index in [-0.39, 0.29) is 6.04 Å². The molecule has 1 aromatic rings. The van der Waals surface area contributed by atoms with Crippen molar-refractivity contribution in [3.63, 3.8) is 0 Å². The van der Waals surface area contributed by atoms with E-state index in [1.807, 2.05) is 24.3 Å². The summed E-state index contributed by atoms with van der Waals surface area (Å²) in [5.41, 5.74) is 0.272. The van der Waals surface area contributed by atoms with Gasteiger partial charge in [-0.2, -0.15) is 5.06 Å². The Morgan fingerprint density at radius 1 is 1.40 bits per heavy atom. The number of benzene rings is 1. The summed E-state index contributed by atoms with van der Waals surface area (Å²) in [6, 6.07) is 7.18. The maximum atomic E-state index is 12.1. The van der Waals surface area contributed by atoms with Gasteiger partial charge in [-0.05, 0) is 38.5 Å². The van der Waals surface area contributed by atoms with Gasteiger partial charge >= 0.3 is 6.09 Å². The molecule has 0 spiro atoms. The first-order valence-corrected chi connectivity index (χ1v) is 7.18. The summed E-state index contributed by atoms with van der Waals surface area (Å²) >= 11 is 3.36. The molecule has 110 valence electrons. The molecule has 0 radical (unpaired) electrons. The van der Waals surface area contributed by atoms with Crippen molar-refractivity contribution in [2.75, 3.05) is 0 Å². The Bertz CT molecular complexity index is 483. The van der Waals surface area contributed by atoms with Gasteiger partial charge in [0.05, 0.1) is 6.04 Å². The fraction of sp³-hybridized carbons (Fsp3) is 0.500. The van der Waals surface area contributed by atoms with Crippen LogP contribution in [0.4, 0.5) is 4.79 Å². The molecule has 1 aliphatic heterocycles. The molecule has 1 amide bonds. The van der Waals surface area contributed by atoms with Gasteiger partial charge in [-0.15, -0.1) is 0 Å². The summed E-state index contributed by atoms with van der Waals surface area (Å²) in [6.45, 7) is 5.35. The highest BCUT2D eigenvalue weighted by Crippen LogP contribution is 2.34. The molecular weight excluding hydrogens is 326 g/mol. The minimum atomic E-state index is -1.00. The Hall–Kier alpha value is -1.11. The van der Waals surface area contributed by atoms with Crippen LogP contribution in [0.2, 0.25) is 0 Å². The smallest absolute Gasteiger partial charge is 0.435 e. The number of amides is 1. The van der Waals surface area contributed by atoms with E-state index in [1.54, 1.807) is 20.8 Å². The van der Waals surface area contributed by atoms with Crippen LogP contribution in [0.1, 0.15) is 38.8 Å². The normalized spacial score (nSPS) is 22.9. The average molecular weight is 344 g/mol. The zero-order valence-corrected chi connectivity index (χ0v) is 13.3. The van der Waals surface area contributed by atoms with Crippen molar-refractivity contribution in [2.45, 2.75) is 45.1 Å². The Morgan fingerprint density at radius 2 is 2.00 bits per heavy atom. The number of carbonyl (C=O) groups is 1. The third-order valence-corrected chi connectivity index (χ3v) is 3.30. The molecule has 0 saturated carbocycles. The van der Waals surface area contributed by atoms with Crippen LogP contribution >= 0.6 is 15.9 Å². The van der Waals surface area contributed by atoms with Crippen molar-refractivity contribution in [2.24, 2.45) is 0 Å². The van der Waals surface area contributed by atoms with Gasteiger partial charge in [0.25, 0.3) is 0 Å². The van der Waals surface area contributed by atoms with Gasteiger partial charge in [-0.3, -0.25) is 0 Å². The third-order valence-electron chi connectivity index (χ3n) is 2.77. The number of carbonyl (C=O) groups excluding carboxylic acids is 1. The highest BCUT2D eigenvalue weighted by atomic mass is 79.9. The number of rotatable bonds is 1. The number of aliphatic hydroxyl groups is 1. The first-order valence-electron chi connectivity index (χ1n) is 6.39. The molecule has 1 aliphatic rings. The van der Waals surface area contributed by atoms with Gasteiger partial charge in [0, 0.05) is 10.9 Å². The molecule has 0 unspecified atom stereocenters. The Labute approximate surface area is 126 Å². The van der Waals surface area contributed by atoms with Gasteiger partial charge in [0.1, 0.15) is 5.60 Å². The number of hydrogen-bond acceptors (Lipinski definition) is 4. The molecule has 0 aliphatic carbocycles. The second-order valence-corrected chi connectivity index (χ2v) is 6.58. The zero-order valence-electron chi connectivity index (χ0n) is 11.7. The van der Waals surface area contributed by atoms with E-state index in [4.69, 9.17) is 9.57 Å². The van der Waals surface area contributed by atoms with Crippen LogP contribution in [0.5, 0.6) is 0 Å². The van der Waals surface area contributed by atoms with Gasteiger partial charge in [0.2, 0.25) is 0 Å². The van der Waals surface area contributed by atoms with Gasteiger partial charge in [-0.25, -0.2) is 9.63 Å². The minimum absolute atomic E-state index is 0.320. The highest BCUT2D eigenvalue weighted by molar-refractivity contribution is 9.10. The van der Waals surface area contributed by atoms with Crippen LogP contribution in [-0.4, -0.2) is 28.2 Å². The van der Waals surface area contributed by atoms with E-state index < -0.39 is 18.0 Å². The van der Waals surface area contributed by atoms with Crippen molar-refractivity contribution in [3.8, 4) is 0 Å². The van der Waals surface area contributed by atoms with E-state index in [9.17, 15) is 9.90 Å². The lowest BCUT2D eigenvalue weighted by Gasteiger charge is -2.27. The van der Waals surface area contributed by atoms with Crippen molar-refractivity contribution < 1.29 is 19.5 Å². The molecule has 0 aromatic heterocycles. The van der Waals surface area contributed by atoms with Gasteiger partial charge < -0.3 is 9.84 Å². The van der Waals surface area contributed by atoms with Crippen LogP contribution in [0.25, 0.3) is 0 Å². The minimum Gasteiger partial charge on any atom is -0.442 e. The van der Waals surface area contributed by atoms with Crippen molar-refractivity contribution in [3.05, 3.63) is 34.3 Å². The molecule has 1 heterocycles. The largest absolute Gasteiger partial charge is 0.442 e. The second-order valence-electron chi connectivity index (χ2n) is 5.67. The van der Waals surface area contributed by atoms with Crippen LogP contribution in [-0.2, 0) is 9.57 Å². The highest BCUT2D eigenvalue weighted by Gasteiger charge is 2.39. The maximum absolute atomic E-state index is 12.1. The molecule has 6 heteroatoms. The Morgan fingerprint density at radius 3 is 2.55 bits per heavy atom. The lowest BCUT2D eigenvalue weighted by molar-refractivity contribution is -0.207. The second kappa shape index (κ2) is 5.71. The Kier molecular flexibility index (Phi) is 4.36. The summed E-state index contributed by atoms with van der Waals surface area (Å²) in [4.78, 5) is 17.3. The number of hydroxylamine groups is 2. The zero-order chi connectivity index (χ0) is 14.9. The summed E-state index contributed by atoms with van der Waals surface area (Å²) in [7, 11) is 0. The molecule has 1 N–H and O–H groups in total. The van der Waals surface area contributed by atoms with E-state index in [0.29, 0.717) is 6.42 Å². The SMILES string of the molecule is CC(C)(C)OC(=O)N1O[C@H](O)C[C@H]1c1ccc(Br)cc1. The number of hydrogen-bond donors (Lipinski definition) is 1. The fourth-order valence-electron chi connectivity index (χ4n) is 1.97. The molecule has 2 rings (SSSR count). The lowest BCUT2D eigenvalue weighted by atomic mass is 10.0. The van der Waals surface area contributed by atoms with E-state index in [1.165, 1.54) is 0 Å². The molecule has 1 saturated heterocycles. The van der Waals surface area contributed by atoms with E-state index >= 15 is 0 Å². The first kappa shape index (κ1) is 15.3. The monoisotopic (exact) mass is 343 g/mol. The molecular formula is C14H18BrNO4. The van der Waals surface area contributed by atoms with Gasteiger partial charge in [0.15, 0.2) is 6.29 Å². The molecule has 2 atom stereocenters. The van der Waals surface area contributed by atoms with Crippen molar-refractivity contribution >= 4 is 22.0 Å². The topological polar surface area (TPSA) is 59.0 Å². The molecule has 0 bridgehead atoms. The summed E-state index contributed by atoms with van der Waals surface area (Å²) < 4.78 is 6.24. The summed E-state index contributed by atoms with van der Waals surface area (Å²) in [6.07, 6.45) is -1.28. The van der Waals surface area contributed by atoms with Crippen molar-refractivity contribution in [1.82, 2.24) is 5.06 Å². The van der Waals surface area contributed by atoms with E-state index in [2.05, 4.69) is 15.9 Å². The Balaban J connectivity index is 2.18. The number of ether oxygens (including phenoxy) is 1. The number of aliphatic hydroxyl groups excluding tert-OH is 1. The first-order chi connectivity index (χ1) is 9.26. The fourth-order valence-corrected chi connectivity index (χ4v) is 2.23. The summed E-state index contributed by atoms with van der Waals surface area (Å²) in [5.74, 6) is 0. The van der Waals surface area contributed by atoms with Crippen LogP contribution < -0.4 is 0 Å². The maximum Gasteiger partial charge on any atom is 0.435 e. The predicted molar refractivity (Wildman–Crippen MR) is 76.7 cm³/mol. The van der Waals surface area contributed by atoms with Crippen molar-refractivity contribution in [1.29, 1.82) is 0 Å². The average Bonchev–Trinajstić information content (AvgIpc) is 2.70. The predicted octanol–water partition coefficient (Wildman–Crippen LogP) is 3.38. The van der Waals surface area contributed by atoms with Gasteiger partial charge in [-0.1, -0.05) is 28.1 Å². The standard InChI is InChI=1S/C14H18BrNO4/c1-14(2,3)19-13(18)16-11(8-12(17)20-16)9-4-6-10(15)7-5-9/h4-7,11-12,17H,8H2,1-3H3/t11-,12-/m0/s1. The number of nitrogens with zero attached hydrogens (tertiary/aromatic N) is 1. The molecule has 5 nitrogen and oxygen atoms in total. The molecule has 1 aromatic carbocycles. The van der Waals surface area contributed by atoms with Crippen LogP contribution in [0.3, 0.4) is 0 Å². The van der Waals surface area contributed by atoms with Crippen LogP contribution in [0, 0.1) is 0 Å². The lowest BCUT2D eigenvalue weighted by Crippen LogP contribution is -2.36. The molecule has 20 heavy (non-hydrogen) atoms. The number of halogens is 1. The quantitative estimate of drug-likeness (QED) is 0.849. The molecule has 1 fully saturated rings. The third kappa shape index (κ3) is 3.71. The van der Waals surface area contributed by atoms with E-state index in [0.717, 1.165) is 15.1 Å². The van der Waals surface area contributed by atoms with Crippen LogP contribution in [0.15, 0.2) is 28.7 Å². The summed E-state index contributed by atoms with van der Waals surface area (Å²) in [5, 5.41) is 10.8.